The maximum atomic E-state index is 6.19. The molecule has 0 aliphatic carbocycles. The fourth-order valence-electron chi connectivity index (χ4n) is 3.70. The quantitative estimate of drug-likeness (QED) is 0.568. The number of nitrogens with zero attached hydrogens (tertiary/aromatic N) is 3. The summed E-state index contributed by atoms with van der Waals surface area (Å²) in [6, 6.07) is 5.51. The molecule has 0 saturated carbocycles. The van der Waals surface area contributed by atoms with Crippen molar-refractivity contribution < 1.29 is 0 Å². The highest BCUT2D eigenvalue weighted by Crippen LogP contribution is 2.37. The molecule has 2 saturated heterocycles. The molecule has 2 aliphatic heterocycles. The smallest absolute Gasteiger partial charge is 0.128 e. The van der Waals surface area contributed by atoms with E-state index < -0.39 is 0 Å². The van der Waals surface area contributed by atoms with Crippen LogP contribution < -0.4 is 4.90 Å². The Kier molecular flexibility index (Phi) is 4.17. The van der Waals surface area contributed by atoms with Gasteiger partial charge < -0.3 is 4.90 Å². The summed E-state index contributed by atoms with van der Waals surface area (Å²) in [5.74, 6) is 1.81. The van der Waals surface area contributed by atoms with E-state index in [1.165, 1.54) is 16.4 Å². The second-order valence-electron chi connectivity index (χ2n) is 6.48. The van der Waals surface area contributed by atoms with Crippen molar-refractivity contribution in [3.05, 3.63) is 21.9 Å². The number of rotatable bonds is 3. The summed E-state index contributed by atoms with van der Waals surface area (Å²) in [6.07, 6.45) is 4.52. The van der Waals surface area contributed by atoms with Gasteiger partial charge in [-0.05, 0) is 61.4 Å². The predicted octanol–water partition coefficient (Wildman–Crippen LogP) is 3.36. The van der Waals surface area contributed by atoms with Gasteiger partial charge in [0.1, 0.15) is 5.82 Å². The summed E-state index contributed by atoms with van der Waals surface area (Å²) >= 11 is 8.49. The second kappa shape index (κ2) is 5.61. The van der Waals surface area contributed by atoms with Gasteiger partial charge >= 0.3 is 0 Å². The van der Waals surface area contributed by atoms with E-state index in [1.54, 1.807) is 0 Å². The van der Waals surface area contributed by atoms with Gasteiger partial charge in [-0.3, -0.25) is 4.90 Å². The average Bonchev–Trinajstić information content (AvgIpc) is 2.72. The molecule has 110 valence electrons. The largest absolute Gasteiger partial charge is 0.353 e. The minimum absolute atomic E-state index is 0.0962. The van der Waals surface area contributed by atoms with E-state index in [4.69, 9.17) is 11.6 Å². The zero-order chi connectivity index (χ0) is 14.3. The number of hydrogen-bond acceptors (Lipinski definition) is 3. The standard InChI is InChI=1S/C15H21ClIN3/c1-15(2,10-16)20-12-4-5-13(20)9-19(8-12)14-6-3-11(17)7-18-14/h3,6-7,12-13H,4-5,8-10H2,1-2H3. The molecule has 0 N–H and O–H groups in total. The first kappa shape index (κ1) is 14.9. The van der Waals surface area contributed by atoms with Crippen molar-refractivity contribution in [3.63, 3.8) is 0 Å². The molecule has 2 fully saturated rings. The third-order valence-corrected chi connectivity index (χ3v) is 5.84. The Labute approximate surface area is 139 Å². The Hall–Kier alpha value is -0.0700. The van der Waals surface area contributed by atoms with Crippen LogP contribution in [-0.4, -0.2) is 46.5 Å². The topological polar surface area (TPSA) is 19.4 Å². The highest BCUT2D eigenvalue weighted by Gasteiger charge is 2.46. The molecular weight excluding hydrogens is 385 g/mol. The Morgan fingerprint density at radius 3 is 2.45 bits per heavy atom. The molecule has 1 aromatic rings. The first-order valence-electron chi connectivity index (χ1n) is 7.22. The second-order valence-corrected chi connectivity index (χ2v) is 7.99. The van der Waals surface area contributed by atoms with Gasteiger partial charge in [-0.2, -0.15) is 0 Å². The summed E-state index contributed by atoms with van der Waals surface area (Å²) in [5.41, 5.74) is 0.0962. The van der Waals surface area contributed by atoms with Crippen molar-refractivity contribution in [1.82, 2.24) is 9.88 Å². The molecule has 0 spiro atoms. The van der Waals surface area contributed by atoms with E-state index in [9.17, 15) is 0 Å². The van der Waals surface area contributed by atoms with Gasteiger partial charge in [0, 0.05) is 46.4 Å². The third-order valence-electron chi connectivity index (χ3n) is 4.54. The molecule has 1 aromatic heterocycles. The van der Waals surface area contributed by atoms with Gasteiger partial charge in [0.25, 0.3) is 0 Å². The Bertz CT molecular complexity index is 463. The zero-order valence-electron chi connectivity index (χ0n) is 12.0. The summed E-state index contributed by atoms with van der Waals surface area (Å²) in [4.78, 5) is 9.68. The van der Waals surface area contributed by atoms with Crippen LogP contribution in [-0.2, 0) is 0 Å². The molecule has 3 nitrogen and oxygen atoms in total. The van der Waals surface area contributed by atoms with Crippen molar-refractivity contribution in [3.8, 4) is 0 Å². The molecule has 3 heterocycles. The Balaban J connectivity index is 1.78. The molecule has 0 radical (unpaired) electrons. The van der Waals surface area contributed by atoms with Gasteiger partial charge in [0.05, 0.1) is 0 Å². The maximum absolute atomic E-state index is 6.19. The number of anilines is 1. The lowest BCUT2D eigenvalue weighted by molar-refractivity contribution is 0.0656. The number of aromatic nitrogens is 1. The van der Waals surface area contributed by atoms with Crippen LogP contribution in [0, 0.1) is 3.57 Å². The van der Waals surface area contributed by atoms with Crippen LogP contribution in [0.15, 0.2) is 18.3 Å². The molecule has 2 unspecified atom stereocenters. The Morgan fingerprint density at radius 2 is 1.95 bits per heavy atom. The lowest BCUT2D eigenvalue weighted by Crippen LogP contribution is -2.61. The summed E-state index contributed by atoms with van der Waals surface area (Å²) in [7, 11) is 0. The van der Waals surface area contributed by atoms with Crippen LogP contribution in [0.5, 0.6) is 0 Å². The molecular formula is C15H21ClIN3. The molecule has 0 amide bonds. The number of alkyl halides is 1. The Morgan fingerprint density at radius 1 is 1.30 bits per heavy atom. The van der Waals surface area contributed by atoms with Gasteiger partial charge in [-0.15, -0.1) is 11.6 Å². The summed E-state index contributed by atoms with van der Waals surface area (Å²) in [6.45, 7) is 6.68. The van der Waals surface area contributed by atoms with Crippen molar-refractivity contribution in [2.45, 2.75) is 44.3 Å². The van der Waals surface area contributed by atoms with E-state index in [-0.39, 0.29) is 5.54 Å². The SMILES string of the molecule is CC(C)(CCl)N1C2CCC1CN(c1ccc(I)cn1)C2. The highest BCUT2D eigenvalue weighted by atomic mass is 127. The van der Waals surface area contributed by atoms with E-state index in [2.05, 4.69) is 63.4 Å². The summed E-state index contributed by atoms with van der Waals surface area (Å²) in [5, 5.41) is 0. The minimum Gasteiger partial charge on any atom is -0.353 e. The van der Waals surface area contributed by atoms with Gasteiger partial charge in [0.15, 0.2) is 0 Å². The first-order valence-corrected chi connectivity index (χ1v) is 8.83. The fraction of sp³-hybridized carbons (Fsp3) is 0.667. The lowest BCUT2D eigenvalue weighted by atomic mass is 10.00. The van der Waals surface area contributed by atoms with Crippen LogP contribution in [0.2, 0.25) is 0 Å². The number of piperazine rings is 1. The lowest BCUT2D eigenvalue weighted by Gasteiger charge is -2.49. The van der Waals surface area contributed by atoms with E-state index in [1.807, 2.05) is 6.20 Å². The van der Waals surface area contributed by atoms with E-state index in [0.29, 0.717) is 18.0 Å². The number of fused-ring (bicyclic) bond motifs is 2. The van der Waals surface area contributed by atoms with E-state index in [0.717, 1.165) is 18.9 Å². The summed E-state index contributed by atoms with van der Waals surface area (Å²) < 4.78 is 1.19. The maximum Gasteiger partial charge on any atom is 0.128 e. The first-order chi connectivity index (χ1) is 9.51. The van der Waals surface area contributed by atoms with Crippen LogP contribution in [0.25, 0.3) is 0 Å². The van der Waals surface area contributed by atoms with Crippen molar-refractivity contribution in [2.75, 3.05) is 23.9 Å². The number of hydrogen-bond donors (Lipinski definition) is 0. The molecule has 0 aromatic carbocycles. The fourth-order valence-corrected chi connectivity index (χ4v) is 4.16. The van der Waals surface area contributed by atoms with E-state index >= 15 is 0 Å². The van der Waals surface area contributed by atoms with Gasteiger partial charge in [0.2, 0.25) is 0 Å². The van der Waals surface area contributed by atoms with Crippen molar-refractivity contribution in [1.29, 1.82) is 0 Å². The normalized spacial score (nSPS) is 27.1. The monoisotopic (exact) mass is 405 g/mol. The third kappa shape index (κ3) is 2.66. The molecule has 2 atom stereocenters. The zero-order valence-corrected chi connectivity index (χ0v) is 14.9. The van der Waals surface area contributed by atoms with Crippen molar-refractivity contribution in [2.24, 2.45) is 0 Å². The minimum atomic E-state index is 0.0962. The number of halogens is 2. The van der Waals surface area contributed by atoms with Crippen LogP contribution in [0.3, 0.4) is 0 Å². The number of pyridine rings is 1. The van der Waals surface area contributed by atoms with Crippen molar-refractivity contribution >= 4 is 40.0 Å². The molecule has 5 heteroatoms. The molecule has 2 aliphatic rings. The van der Waals surface area contributed by atoms with Crippen LogP contribution >= 0.6 is 34.2 Å². The van der Waals surface area contributed by atoms with Crippen LogP contribution in [0.4, 0.5) is 5.82 Å². The van der Waals surface area contributed by atoms with Crippen LogP contribution in [0.1, 0.15) is 26.7 Å². The van der Waals surface area contributed by atoms with Gasteiger partial charge in [-0.25, -0.2) is 4.98 Å². The molecule has 3 rings (SSSR count). The molecule has 20 heavy (non-hydrogen) atoms. The molecule has 2 bridgehead atoms. The average molecular weight is 406 g/mol. The van der Waals surface area contributed by atoms with Gasteiger partial charge in [-0.1, -0.05) is 0 Å². The highest BCUT2D eigenvalue weighted by molar-refractivity contribution is 14.1. The predicted molar refractivity (Wildman–Crippen MR) is 92.6 cm³/mol.